The average molecular weight is 243 g/mol. The van der Waals surface area contributed by atoms with Crippen LogP contribution in [0.15, 0.2) is 28.0 Å². The first-order valence-electron chi connectivity index (χ1n) is 4.32. The molecule has 0 unspecified atom stereocenters. The highest BCUT2D eigenvalue weighted by molar-refractivity contribution is 8.00. The van der Waals surface area contributed by atoms with Crippen molar-refractivity contribution in [1.29, 1.82) is 0 Å². The normalized spacial score (nSPS) is 16.2. The number of Topliss-reactive ketones (excluding diaryl/α,β-unsaturated/α-hetero) is 1. The number of hydrogen-bond acceptors (Lipinski definition) is 4. The Morgan fingerprint density at radius 1 is 1.33 bits per heavy atom. The number of primary sulfonamides is 1. The second kappa shape index (κ2) is 3.62. The number of ketones is 1. The molecule has 0 aliphatic carbocycles. The zero-order valence-electron chi connectivity index (χ0n) is 7.76. The maximum atomic E-state index is 11.5. The number of thioether (sulfide) groups is 1. The van der Waals surface area contributed by atoms with Gasteiger partial charge in [0.15, 0.2) is 5.78 Å². The maximum Gasteiger partial charge on any atom is 0.239 e. The average Bonchev–Trinajstić information content (AvgIpc) is 2.16. The van der Waals surface area contributed by atoms with Crippen molar-refractivity contribution in [2.75, 3.05) is 5.75 Å². The molecule has 0 radical (unpaired) electrons. The quantitative estimate of drug-likeness (QED) is 0.798. The van der Waals surface area contributed by atoms with Gasteiger partial charge in [0, 0.05) is 22.6 Å². The zero-order valence-corrected chi connectivity index (χ0v) is 9.40. The molecule has 1 aliphatic rings. The van der Waals surface area contributed by atoms with Gasteiger partial charge in [-0.3, -0.25) is 4.79 Å². The van der Waals surface area contributed by atoms with Crippen LogP contribution in [0.1, 0.15) is 16.8 Å². The van der Waals surface area contributed by atoms with E-state index in [0.717, 1.165) is 0 Å². The monoisotopic (exact) mass is 243 g/mol. The lowest BCUT2D eigenvalue weighted by atomic mass is 10.1. The number of hydrogen-bond donors (Lipinski definition) is 1. The number of sulfonamides is 1. The van der Waals surface area contributed by atoms with Crippen molar-refractivity contribution in [3.05, 3.63) is 23.8 Å². The molecular weight excluding hydrogens is 234 g/mol. The molecule has 0 saturated heterocycles. The summed E-state index contributed by atoms with van der Waals surface area (Å²) in [4.78, 5) is 12.1. The third-order valence-corrected chi connectivity index (χ3v) is 4.38. The summed E-state index contributed by atoms with van der Waals surface area (Å²) in [6.45, 7) is 0. The maximum absolute atomic E-state index is 11.5. The fourth-order valence-corrected chi connectivity index (χ4v) is 3.69. The molecule has 0 atom stereocenters. The zero-order chi connectivity index (χ0) is 11.1. The summed E-state index contributed by atoms with van der Waals surface area (Å²) in [6.07, 6.45) is 0.450. The van der Waals surface area contributed by atoms with Gasteiger partial charge in [0.2, 0.25) is 10.0 Å². The van der Waals surface area contributed by atoms with Gasteiger partial charge in [-0.05, 0) is 6.07 Å². The number of carbonyl (C=O) groups is 1. The van der Waals surface area contributed by atoms with E-state index in [1.807, 2.05) is 0 Å². The van der Waals surface area contributed by atoms with Gasteiger partial charge in [-0.15, -0.1) is 11.8 Å². The van der Waals surface area contributed by atoms with E-state index in [1.54, 1.807) is 12.1 Å². The van der Waals surface area contributed by atoms with Crippen LogP contribution in [-0.4, -0.2) is 20.0 Å². The topological polar surface area (TPSA) is 77.2 Å². The van der Waals surface area contributed by atoms with Crippen LogP contribution in [0.5, 0.6) is 0 Å². The van der Waals surface area contributed by atoms with Gasteiger partial charge in [-0.1, -0.05) is 12.1 Å². The number of benzene rings is 1. The summed E-state index contributed by atoms with van der Waals surface area (Å²) >= 11 is 1.37. The Labute approximate surface area is 91.9 Å². The van der Waals surface area contributed by atoms with Crippen molar-refractivity contribution in [1.82, 2.24) is 0 Å². The SMILES string of the molecule is NS(=O)(=O)c1cccc2c1SCCC2=O. The lowest BCUT2D eigenvalue weighted by Gasteiger charge is -2.16. The Balaban J connectivity index is 2.70. The summed E-state index contributed by atoms with van der Waals surface area (Å²) in [5.41, 5.74) is 0.470. The number of rotatable bonds is 1. The fraction of sp³-hybridized carbons (Fsp3) is 0.222. The Bertz CT molecular complexity index is 522. The number of nitrogens with two attached hydrogens (primary N) is 1. The molecule has 15 heavy (non-hydrogen) atoms. The standard InChI is InChI=1S/C9H9NO3S2/c10-15(12,13)8-3-1-2-6-7(11)4-5-14-9(6)8/h1-3H,4-5H2,(H2,10,12,13). The summed E-state index contributed by atoms with van der Waals surface area (Å²) in [6, 6.07) is 4.61. The molecule has 0 saturated carbocycles. The van der Waals surface area contributed by atoms with Gasteiger partial charge in [0.1, 0.15) is 0 Å². The molecular formula is C9H9NO3S2. The highest BCUT2D eigenvalue weighted by Gasteiger charge is 2.24. The molecule has 6 heteroatoms. The van der Waals surface area contributed by atoms with Crippen molar-refractivity contribution in [3.63, 3.8) is 0 Å². The van der Waals surface area contributed by atoms with Gasteiger partial charge in [-0.25, -0.2) is 13.6 Å². The Kier molecular flexibility index (Phi) is 2.57. The van der Waals surface area contributed by atoms with E-state index < -0.39 is 10.0 Å². The van der Waals surface area contributed by atoms with Crippen LogP contribution < -0.4 is 5.14 Å². The molecule has 0 bridgehead atoms. The summed E-state index contributed by atoms with van der Waals surface area (Å²) in [5, 5.41) is 5.07. The van der Waals surface area contributed by atoms with Crippen LogP contribution in [0, 0.1) is 0 Å². The minimum absolute atomic E-state index is 0.0192. The molecule has 1 aromatic rings. The van der Waals surface area contributed by atoms with Crippen molar-refractivity contribution >= 4 is 27.6 Å². The molecule has 0 amide bonds. The van der Waals surface area contributed by atoms with E-state index in [1.165, 1.54) is 17.8 Å². The molecule has 1 aliphatic heterocycles. The smallest absolute Gasteiger partial charge is 0.239 e. The Hall–Kier alpha value is -0.850. The molecule has 80 valence electrons. The van der Waals surface area contributed by atoms with Crippen LogP contribution in [0.4, 0.5) is 0 Å². The van der Waals surface area contributed by atoms with Crippen LogP contribution >= 0.6 is 11.8 Å². The third-order valence-electron chi connectivity index (χ3n) is 2.16. The van der Waals surface area contributed by atoms with Crippen LogP contribution in [0.25, 0.3) is 0 Å². The van der Waals surface area contributed by atoms with Crippen LogP contribution in [-0.2, 0) is 10.0 Å². The highest BCUT2D eigenvalue weighted by atomic mass is 32.2. The summed E-state index contributed by atoms with van der Waals surface area (Å²) < 4.78 is 22.5. The van der Waals surface area contributed by atoms with E-state index in [0.29, 0.717) is 22.6 Å². The molecule has 4 nitrogen and oxygen atoms in total. The molecule has 1 aromatic carbocycles. The first kappa shape index (κ1) is 10.7. The first-order chi connectivity index (χ1) is 7.00. The first-order valence-corrected chi connectivity index (χ1v) is 6.85. The third kappa shape index (κ3) is 1.92. The van der Waals surface area contributed by atoms with Gasteiger partial charge in [0.25, 0.3) is 0 Å². The van der Waals surface area contributed by atoms with Crippen molar-refractivity contribution in [2.24, 2.45) is 5.14 Å². The summed E-state index contributed by atoms with van der Waals surface area (Å²) in [7, 11) is -3.74. The van der Waals surface area contributed by atoms with Gasteiger partial charge < -0.3 is 0 Å². The minimum Gasteiger partial charge on any atom is -0.294 e. The van der Waals surface area contributed by atoms with E-state index in [-0.39, 0.29) is 10.7 Å². The van der Waals surface area contributed by atoms with Gasteiger partial charge >= 0.3 is 0 Å². The lowest BCUT2D eigenvalue weighted by Crippen LogP contribution is -2.17. The van der Waals surface area contributed by atoms with Crippen molar-refractivity contribution < 1.29 is 13.2 Å². The van der Waals surface area contributed by atoms with Gasteiger partial charge in [0.05, 0.1) is 4.90 Å². The molecule has 0 aromatic heterocycles. The lowest BCUT2D eigenvalue weighted by molar-refractivity contribution is 0.0984. The second-order valence-electron chi connectivity index (χ2n) is 3.20. The van der Waals surface area contributed by atoms with E-state index in [9.17, 15) is 13.2 Å². The molecule has 1 heterocycles. The highest BCUT2D eigenvalue weighted by Crippen LogP contribution is 2.34. The van der Waals surface area contributed by atoms with Gasteiger partial charge in [-0.2, -0.15) is 0 Å². The molecule has 2 rings (SSSR count). The minimum atomic E-state index is -3.74. The Morgan fingerprint density at radius 2 is 2.07 bits per heavy atom. The predicted molar refractivity (Wildman–Crippen MR) is 57.5 cm³/mol. The molecule has 2 N–H and O–H groups in total. The van der Waals surface area contributed by atoms with Crippen molar-refractivity contribution in [3.8, 4) is 0 Å². The molecule has 0 spiro atoms. The predicted octanol–water partition coefficient (Wildman–Crippen LogP) is 1.01. The van der Waals surface area contributed by atoms with E-state index in [2.05, 4.69) is 0 Å². The van der Waals surface area contributed by atoms with E-state index in [4.69, 9.17) is 5.14 Å². The second-order valence-corrected chi connectivity index (χ2v) is 5.83. The van der Waals surface area contributed by atoms with Crippen LogP contribution in [0.2, 0.25) is 0 Å². The number of carbonyl (C=O) groups excluding carboxylic acids is 1. The number of fused-ring (bicyclic) bond motifs is 1. The fourth-order valence-electron chi connectivity index (χ4n) is 1.49. The van der Waals surface area contributed by atoms with Crippen molar-refractivity contribution in [2.45, 2.75) is 16.2 Å². The molecule has 0 fully saturated rings. The largest absolute Gasteiger partial charge is 0.294 e. The van der Waals surface area contributed by atoms with E-state index >= 15 is 0 Å². The Morgan fingerprint density at radius 3 is 2.73 bits per heavy atom. The summed E-state index contributed by atoms with van der Waals surface area (Å²) in [5.74, 6) is 0.590. The van der Waals surface area contributed by atoms with Crippen LogP contribution in [0.3, 0.4) is 0 Å².